The molecule has 1 aliphatic rings. The first kappa shape index (κ1) is 21.1. The van der Waals surface area contributed by atoms with Crippen molar-refractivity contribution in [2.75, 3.05) is 23.4 Å². The Hall–Kier alpha value is -4.12. The fraction of sp³-hybridized carbons (Fsp3) is 0.0952. The minimum absolute atomic E-state index is 0.0439. The number of nitro benzene ring substituents is 1. The summed E-state index contributed by atoms with van der Waals surface area (Å²) in [5.74, 6) is 1.23. The average Bonchev–Trinajstić information content (AvgIpc) is 2.79. The van der Waals surface area contributed by atoms with Crippen molar-refractivity contribution in [3.05, 3.63) is 82.4 Å². The number of benzene rings is 3. The normalized spacial score (nSPS) is 13.0. The monoisotopic (exact) mass is 454 g/mol. The van der Waals surface area contributed by atoms with E-state index in [1.54, 1.807) is 48.5 Å². The first-order chi connectivity index (χ1) is 15.4. The highest BCUT2D eigenvalue weighted by Crippen LogP contribution is 2.31. The molecule has 1 heterocycles. The predicted molar refractivity (Wildman–Crippen MR) is 119 cm³/mol. The highest BCUT2D eigenvalue weighted by Gasteiger charge is 2.21. The molecule has 4 rings (SSSR count). The van der Waals surface area contributed by atoms with E-state index in [0.717, 1.165) is 6.07 Å². The number of hydrogen-bond acceptors (Lipinski definition) is 8. The van der Waals surface area contributed by atoms with E-state index in [9.17, 15) is 18.5 Å². The number of nitrogens with one attached hydrogen (secondary N) is 2. The Bertz CT molecular complexity index is 1280. The maximum absolute atomic E-state index is 12.6. The van der Waals surface area contributed by atoms with Gasteiger partial charge in [-0.05, 0) is 48.0 Å². The summed E-state index contributed by atoms with van der Waals surface area (Å²) in [7, 11) is -4.00. The van der Waals surface area contributed by atoms with Crippen LogP contribution in [0.3, 0.4) is 0 Å². The van der Waals surface area contributed by atoms with Gasteiger partial charge in [0.2, 0.25) is 0 Å². The summed E-state index contributed by atoms with van der Waals surface area (Å²) in [5, 5.41) is 15.5. The lowest BCUT2D eigenvalue weighted by Crippen LogP contribution is -2.15. The summed E-state index contributed by atoms with van der Waals surface area (Å²) >= 11 is 0. The molecule has 3 aromatic rings. The van der Waals surface area contributed by atoms with Crippen molar-refractivity contribution < 1.29 is 22.8 Å². The molecule has 32 heavy (non-hydrogen) atoms. The molecule has 0 saturated carbocycles. The lowest BCUT2D eigenvalue weighted by atomic mass is 10.2. The maximum atomic E-state index is 12.6. The SMILES string of the molecule is O=[N+]([O-])c1cc(S(=O)(=O)Nc2ccccc2)ccc1NN=Cc1ccc2c(c1)OCCO2. The van der Waals surface area contributed by atoms with Crippen LogP contribution in [0.1, 0.15) is 5.56 Å². The third-order valence-corrected chi connectivity index (χ3v) is 5.85. The van der Waals surface area contributed by atoms with Gasteiger partial charge in [0.25, 0.3) is 15.7 Å². The van der Waals surface area contributed by atoms with Crippen molar-refractivity contribution in [2.24, 2.45) is 5.10 Å². The Morgan fingerprint density at radius 2 is 1.72 bits per heavy atom. The van der Waals surface area contributed by atoms with Gasteiger partial charge in [0.1, 0.15) is 18.9 Å². The van der Waals surface area contributed by atoms with Gasteiger partial charge in [-0.1, -0.05) is 18.2 Å². The fourth-order valence-electron chi connectivity index (χ4n) is 2.96. The summed E-state index contributed by atoms with van der Waals surface area (Å²) < 4.78 is 38.5. The smallest absolute Gasteiger partial charge is 0.295 e. The second kappa shape index (κ2) is 8.94. The second-order valence-electron chi connectivity index (χ2n) is 6.68. The Morgan fingerprint density at radius 3 is 2.47 bits per heavy atom. The molecular weight excluding hydrogens is 436 g/mol. The number of anilines is 2. The van der Waals surface area contributed by atoms with Gasteiger partial charge in [-0.25, -0.2) is 8.42 Å². The van der Waals surface area contributed by atoms with E-state index in [-0.39, 0.29) is 10.6 Å². The first-order valence-corrected chi connectivity index (χ1v) is 11.0. The van der Waals surface area contributed by atoms with E-state index >= 15 is 0 Å². The summed E-state index contributed by atoms with van der Waals surface area (Å²) in [5.41, 5.74) is 3.24. The molecule has 10 nitrogen and oxygen atoms in total. The van der Waals surface area contributed by atoms with Crippen LogP contribution in [0, 0.1) is 10.1 Å². The van der Waals surface area contributed by atoms with E-state index < -0.39 is 20.6 Å². The molecule has 1 aliphatic heterocycles. The largest absolute Gasteiger partial charge is 0.486 e. The van der Waals surface area contributed by atoms with E-state index in [4.69, 9.17) is 9.47 Å². The molecule has 11 heteroatoms. The number of ether oxygens (including phenoxy) is 2. The van der Waals surface area contributed by atoms with Gasteiger partial charge in [0.15, 0.2) is 11.5 Å². The molecule has 0 bridgehead atoms. The summed E-state index contributed by atoms with van der Waals surface area (Å²) in [6.07, 6.45) is 1.46. The minimum atomic E-state index is -4.00. The summed E-state index contributed by atoms with van der Waals surface area (Å²) in [6, 6.07) is 17.0. The number of hydrogen-bond donors (Lipinski definition) is 2. The van der Waals surface area contributed by atoms with Crippen molar-refractivity contribution >= 4 is 33.3 Å². The summed E-state index contributed by atoms with van der Waals surface area (Å²) in [4.78, 5) is 10.6. The Labute approximate surface area is 183 Å². The Kier molecular flexibility index (Phi) is 5.90. The van der Waals surface area contributed by atoms with Crippen LogP contribution in [0.4, 0.5) is 17.1 Å². The third kappa shape index (κ3) is 4.78. The molecule has 3 aromatic carbocycles. The zero-order chi connectivity index (χ0) is 22.6. The highest BCUT2D eigenvalue weighted by molar-refractivity contribution is 7.92. The Morgan fingerprint density at radius 1 is 0.969 bits per heavy atom. The van der Waals surface area contributed by atoms with Gasteiger partial charge >= 0.3 is 0 Å². The van der Waals surface area contributed by atoms with Gasteiger partial charge < -0.3 is 9.47 Å². The fourth-order valence-corrected chi connectivity index (χ4v) is 4.04. The van der Waals surface area contributed by atoms with Gasteiger partial charge in [0, 0.05) is 11.8 Å². The molecule has 0 aliphatic carbocycles. The number of nitrogens with zero attached hydrogens (tertiary/aromatic N) is 2. The van der Waals surface area contributed by atoms with Crippen molar-refractivity contribution in [1.29, 1.82) is 0 Å². The summed E-state index contributed by atoms with van der Waals surface area (Å²) in [6.45, 7) is 0.935. The highest BCUT2D eigenvalue weighted by atomic mass is 32.2. The molecular formula is C21H18N4O6S. The van der Waals surface area contributed by atoms with Crippen LogP contribution in [0.5, 0.6) is 11.5 Å². The van der Waals surface area contributed by atoms with Crippen molar-refractivity contribution in [3.63, 3.8) is 0 Å². The van der Waals surface area contributed by atoms with Crippen molar-refractivity contribution in [2.45, 2.75) is 4.90 Å². The molecule has 0 fully saturated rings. The number of hydrazone groups is 1. The topological polar surface area (TPSA) is 132 Å². The van der Waals surface area contributed by atoms with E-state index in [1.165, 1.54) is 18.3 Å². The standard InChI is InChI=1S/C21H18N4O6S/c26-25(27)19-13-17(32(28,29)24-16-4-2-1-3-5-16)7-8-18(19)23-22-14-15-6-9-20-21(12-15)31-11-10-30-20/h1-9,12-14,23-24H,10-11H2. The van der Waals surface area contributed by atoms with E-state index in [1.807, 2.05) is 0 Å². The first-order valence-electron chi connectivity index (χ1n) is 9.47. The molecule has 0 atom stereocenters. The molecule has 0 aromatic heterocycles. The van der Waals surface area contributed by atoms with Crippen LogP contribution < -0.4 is 19.6 Å². The van der Waals surface area contributed by atoms with Gasteiger partial charge in [0.05, 0.1) is 16.0 Å². The molecule has 0 saturated heterocycles. The molecule has 0 amide bonds. The molecule has 0 spiro atoms. The van der Waals surface area contributed by atoms with Crippen molar-refractivity contribution in [1.82, 2.24) is 0 Å². The predicted octanol–water partition coefficient (Wildman–Crippen LogP) is 3.61. The van der Waals surface area contributed by atoms with Gasteiger partial charge in [-0.2, -0.15) is 5.10 Å². The molecule has 0 radical (unpaired) electrons. The van der Waals surface area contributed by atoms with Gasteiger partial charge in [-0.3, -0.25) is 20.3 Å². The van der Waals surface area contributed by atoms with E-state index in [2.05, 4.69) is 15.2 Å². The van der Waals surface area contributed by atoms with Crippen LogP contribution >= 0.6 is 0 Å². The average molecular weight is 454 g/mol. The van der Waals surface area contributed by atoms with Crippen molar-refractivity contribution in [3.8, 4) is 11.5 Å². The number of fused-ring (bicyclic) bond motifs is 1. The second-order valence-corrected chi connectivity index (χ2v) is 8.36. The van der Waals surface area contributed by atoms with Gasteiger partial charge in [-0.15, -0.1) is 0 Å². The van der Waals surface area contributed by atoms with Crippen LogP contribution in [0.15, 0.2) is 76.7 Å². The molecule has 0 unspecified atom stereocenters. The number of rotatable bonds is 7. The lowest BCUT2D eigenvalue weighted by Gasteiger charge is -2.18. The maximum Gasteiger partial charge on any atom is 0.295 e. The molecule has 164 valence electrons. The van der Waals surface area contributed by atoms with E-state index in [0.29, 0.717) is 36.0 Å². The van der Waals surface area contributed by atoms with Crippen LogP contribution in [-0.4, -0.2) is 32.8 Å². The van der Waals surface area contributed by atoms with Crippen LogP contribution in [0.25, 0.3) is 0 Å². The van der Waals surface area contributed by atoms with Crippen LogP contribution in [-0.2, 0) is 10.0 Å². The zero-order valence-corrected chi connectivity index (χ0v) is 17.4. The molecule has 2 N–H and O–H groups in total. The minimum Gasteiger partial charge on any atom is -0.486 e. The number of sulfonamides is 1. The van der Waals surface area contributed by atoms with Crippen LogP contribution in [0.2, 0.25) is 0 Å². The quantitative estimate of drug-likeness (QED) is 0.317. The number of para-hydroxylation sites is 1. The third-order valence-electron chi connectivity index (χ3n) is 4.47. The lowest BCUT2D eigenvalue weighted by molar-refractivity contribution is -0.384. The number of nitro groups is 1. The Balaban J connectivity index is 1.53. The zero-order valence-electron chi connectivity index (χ0n) is 16.6.